The molecule has 0 spiro atoms. The third-order valence-electron chi connectivity index (χ3n) is 5.33. The molecule has 0 bridgehead atoms. The Morgan fingerprint density at radius 3 is 2.81 bits per heavy atom. The number of rotatable bonds is 5. The molecule has 4 rings (SSSR count). The average Bonchev–Trinajstić information content (AvgIpc) is 3.18. The number of aromatic nitrogens is 1. The van der Waals surface area contributed by atoms with Gasteiger partial charge in [0.15, 0.2) is 0 Å². The predicted octanol–water partition coefficient (Wildman–Crippen LogP) is 4.51. The van der Waals surface area contributed by atoms with E-state index in [1.165, 1.54) is 6.08 Å². The van der Waals surface area contributed by atoms with Crippen LogP contribution in [0.4, 0.5) is 15.8 Å². The number of halogens is 1. The van der Waals surface area contributed by atoms with Crippen molar-refractivity contribution in [3.8, 4) is 11.8 Å². The minimum Gasteiger partial charge on any atom is -0.378 e. The first-order valence-electron chi connectivity index (χ1n) is 10.4. The van der Waals surface area contributed by atoms with Gasteiger partial charge in [-0.1, -0.05) is 36.8 Å². The standard InChI is InChI=1S/C26H25FN4O/c1-3-26(32)31-20(11-8-15-28-19-9-5-4-6-10-19)17-21-23(12-7-13-25(21)31)29-24-14-16-30(2)18-22(24)27/h3-7,9-10,12-14,16-17,22,24,28-29H,1,15,18H2,2H3. The van der Waals surface area contributed by atoms with Gasteiger partial charge < -0.3 is 15.5 Å². The van der Waals surface area contributed by atoms with Crippen LogP contribution in [0, 0.1) is 11.8 Å². The maximum Gasteiger partial charge on any atom is 0.255 e. The highest BCUT2D eigenvalue weighted by molar-refractivity contribution is 6.03. The summed E-state index contributed by atoms with van der Waals surface area (Å²) in [7, 11) is 1.85. The highest BCUT2D eigenvalue weighted by Gasteiger charge is 2.24. The van der Waals surface area contributed by atoms with Crippen LogP contribution in [0.25, 0.3) is 10.9 Å². The lowest BCUT2D eigenvalue weighted by molar-refractivity contribution is 0.0973. The smallest absolute Gasteiger partial charge is 0.255 e. The largest absolute Gasteiger partial charge is 0.378 e. The molecule has 1 aliphatic heterocycles. The van der Waals surface area contributed by atoms with Crippen molar-refractivity contribution in [2.45, 2.75) is 12.2 Å². The number of allylic oxidation sites excluding steroid dienone is 1. The van der Waals surface area contributed by atoms with Crippen molar-refractivity contribution in [1.29, 1.82) is 0 Å². The molecule has 3 aromatic rings. The second-order valence-corrected chi connectivity index (χ2v) is 7.63. The van der Waals surface area contributed by atoms with E-state index >= 15 is 0 Å². The summed E-state index contributed by atoms with van der Waals surface area (Å²) in [6.07, 6.45) is 3.91. The van der Waals surface area contributed by atoms with Gasteiger partial charge in [-0.3, -0.25) is 9.36 Å². The minimum absolute atomic E-state index is 0.264. The summed E-state index contributed by atoms with van der Waals surface area (Å²) >= 11 is 0. The van der Waals surface area contributed by atoms with Gasteiger partial charge in [0.1, 0.15) is 11.9 Å². The van der Waals surface area contributed by atoms with Crippen LogP contribution in [0.15, 0.2) is 79.5 Å². The van der Waals surface area contributed by atoms with Crippen LogP contribution in [0.2, 0.25) is 0 Å². The summed E-state index contributed by atoms with van der Waals surface area (Å²) in [5.41, 5.74) is 2.99. The zero-order valence-electron chi connectivity index (χ0n) is 17.9. The van der Waals surface area contributed by atoms with Crippen molar-refractivity contribution in [2.75, 3.05) is 30.8 Å². The van der Waals surface area contributed by atoms with Crippen LogP contribution in [-0.4, -0.2) is 47.7 Å². The van der Waals surface area contributed by atoms with Crippen molar-refractivity contribution in [1.82, 2.24) is 9.47 Å². The van der Waals surface area contributed by atoms with E-state index < -0.39 is 12.2 Å². The van der Waals surface area contributed by atoms with Crippen molar-refractivity contribution >= 4 is 28.2 Å². The van der Waals surface area contributed by atoms with E-state index in [1.54, 1.807) is 4.57 Å². The van der Waals surface area contributed by atoms with Crippen molar-refractivity contribution in [2.24, 2.45) is 0 Å². The Hall–Kier alpha value is -3.98. The summed E-state index contributed by atoms with van der Waals surface area (Å²) in [5, 5.41) is 7.32. The van der Waals surface area contributed by atoms with E-state index in [9.17, 15) is 9.18 Å². The van der Waals surface area contributed by atoms with Gasteiger partial charge in [0.25, 0.3) is 5.91 Å². The van der Waals surface area contributed by atoms with E-state index in [0.717, 1.165) is 16.8 Å². The first-order chi connectivity index (χ1) is 15.6. The molecule has 0 saturated carbocycles. The zero-order chi connectivity index (χ0) is 22.5. The number of para-hydroxylation sites is 1. The summed E-state index contributed by atoms with van der Waals surface area (Å²) in [5.74, 6) is 5.91. The monoisotopic (exact) mass is 428 g/mol. The zero-order valence-corrected chi connectivity index (χ0v) is 17.9. The summed E-state index contributed by atoms with van der Waals surface area (Å²) < 4.78 is 16.1. The molecule has 2 unspecified atom stereocenters. The Morgan fingerprint density at radius 1 is 1.25 bits per heavy atom. The number of anilines is 2. The van der Waals surface area contributed by atoms with Crippen molar-refractivity contribution in [3.63, 3.8) is 0 Å². The Bertz CT molecular complexity index is 1220. The van der Waals surface area contributed by atoms with E-state index in [1.807, 2.05) is 78.8 Å². The van der Waals surface area contributed by atoms with Gasteiger partial charge in [0.2, 0.25) is 0 Å². The molecule has 2 N–H and O–H groups in total. The molecule has 1 aliphatic rings. The highest BCUT2D eigenvalue weighted by Crippen LogP contribution is 2.29. The second kappa shape index (κ2) is 9.44. The quantitative estimate of drug-likeness (QED) is 0.464. The molecule has 0 aliphatic carbocycles. The summed E-state index contributed by atoms with van der Waals surface area (Å²) in [6.45, 7) is 4.38. The topological polar surface area (TPSA) is 49.3 Å². The van der Waals surface area contributed by atoms with Gasteiger partial charge in [0, 0.05) is 23.8 Å². The van der Waals surface area contributed by atoms with Gasteiger partial charge >= 0.3 is 0 Å². The molecule has 32 heavy (non-hydrogen) atoms. The number of nitrogens with zero attached hydrogens (tertiary/aromatic N) is 2. The first kappa shape index (κ1) is 21.3. The van der Waals surface area contributed by atoms with Gasteiger partial charge in [-0.05, 0) is 54.6 Å². The van der Waals surface area contributed by atoms with E-state index in [4.69, 9.17) is 0 Å². The SMILES string of the molecule is C=CC(=O)n1c(C#CCNc2ccccc2)cc2c(NC3C=CN(C)CC3F)cccc21. The molecule has 2 aromatic carbocycles. The third-order valence-corrected chi connectivity index (χ3v) is 5.33. The Labute approximate surface area is 187 Å². The fourth-order valence-corrected chi connectivity index (χ4v) is 3.74. The summed E-state index contributed by atoms with van der Waals surface area (Å²) in [4.78, 5) is 14.4. The van der Waals surface area contributed by atoms with Crippen molar-refractivity contribution < 1.29 is 9.18 Å². The lowest BCUT2D eigenvalue weighted by Gasteiger charge is -2.29. The number of hydrogen-bond donors (Lipinski definition) is 2. The molecule has 2 heterocycles. The van der Waals surface area contributed by atoms with Crippen LogP contribution in [0.1, 0.15) is 10.5 Å². The second-order valence-electron chi connectivity index (χ2n) is 7.63. The fraction of sp³-hybridized carbons (Fsp3) is 0.192. The minimum atomic E-state index is -1.04. The molecule has 0 radical (unpaired) electrons. The van der Waals surface area contributed by atoms with Crippen molar-refractivity contribution in [3.05, 3.63) is 85.2 Å². The normalized spacial score (nSPS) is 17.5. The molecule has 6 heteroatoms. The van der Waals surface area contributed by atoms with Gasteiger partial charge in [0.05, 0.1) is 24.6 Å². The number of nitrogens with one attached hydrogen (secondary N) is 2. The van der Waals surface area contributed by atoms with Crippen LogP contribution in [-0.2, 0) is 0 Å². The summed E-state index contributed by atoms with van der Waals surface area (Å²) in [6, 6.07) is 16.8. The van der Waals surface area contributed by atoms with Gasteiger partial charge in [-0.25, -0.2) is 4.39 Å². The van der Waals surface area contributed by atoms with Gasteiger partial charge in [-0.2, -0.15) is 0 Å². The Kier molecular flexibility index (Phi) is 6.27. The maximum atomic E-state index is 14.5. The molecule has 0 amide bonds. The van der Waals surface area contributed by atoms with Crippen LogP contribution >= 0.6 is 0 Å². The van der Waals surface area contributed by atoms with Crippen LogP contribution < -0.4 is 10.6 Å². The third kappa shape index (κ3) is 4.52. The average molecular weight is 429 g/mol. The van der Waals surface area contributed by atoms with E-state index in [-0.39, 0.29) is 5.91 Å². The Morgan fingerprint density at radius 2 is 2.06 bits per heavy atom. The first-order valence-corrected chi connectivity index (χ1v) is 10.4. The number of carbonyl (C=O) groups excluding carboxylic acids is 1. The number of benzene rings is 2. The molecule has 2 atom stereocenters. The number of carbonyl (C=O) groups is 1. The van der Waals surface area contributed by atoms with Crippen LogP contribution in [0.5, 0.6) is 0 Å². The predicted molar refractivity (Wildman–Crippen MR) is 129 cm³/mol. The molecule has 162 valence electrons. The van der Waals surface area contributed by atoms with Gasteiger partial charge in [-0.15, -0.1) is 0 Å². The fourth-order valence-electron chi connectivity index (χ4n) is 3.74. The molecular weight excluding hydrogens is 403 g/mol. The highest BCUT2D eigenvalue weighted by atomic mass is 19.1. The molecular formula is C26H25FN4O. The molecule has 0 saturated heterocycles. The molecule has 0 fully saturated rings. The van der Waals surface area contributed by atoms with E-state index in [2.05, 4.69) is 29.1 Å². The number of hydrogen-bond acceptors (Lipinski definition) is 4. The number of fused-ring (bicyclic) bond motifs is 1. The Balaban J connectivity index is 1.65. The van der Waals surface area contributed by atoms with E-state index in [0.29, 0.717) is 24.3 Å². The lowest BCUT2D eigenvalue weighted by atomic mass is 10.1. The lowest BCUT2D eigenvalue weighted by Crippen LogP contribution is -2.39. The van der Waals surface area contributed by atoms with Crippen LogP contribution in [0.3, 0.4) is 0 Å². The molecule has 5 nitrogen and oxygen atoms in total. The molecule has 1 aromatic heterocycles. The number of alkyl halides is 1. The maximum absolute atomic E-state index is 14.5.